The van der Waals surface area contributed by atoms with Crippen LogP contribution in [-0.4, -0.2) is 84.2 Å². The van der Waals surface area contributed by atoms with Crippen LogP contribution in [0.4, 0.5) is 35.2 Å². The zero-order chi connectivity index (χ0) is 32.0. The molecule has 2 amide bonds. The molecule has 0 atom stereocenters. The van der Waals surface area contributed by atoms with Gasteiger partial charge in [0.1, 0.15) is 17.8 Å². The number of hydrogen-bond acceptors (Lipinski definition) is 8. The molecule has 0 bridgehead atoms. The molecule has 1 aliphatic heterocycles. The third kappa shape index (κ3) is 5.84. The highest BCUT2D eigenvalue weighted by molar-refractivity contribution is 6.03. The third-order valence-electron chi connectivity index (χ3n) is 8.60. The van der Waals surface area contributed by atoms with Crippen molar-refractivity contribution in [3.63, 3.8) is 0 Å². The molecular weight excluding hydrogens is 601 g/mol. The number of nitrogens with one attached hydrogen (secondary N) is 2. The summed E-state index contributed by atoms with van der Waals surface area (Å²) in [6.07, 6.45) is 4.34. The number of alkyl halides is 3. The molecule has 0 spiro atoms. The monoisotopic (exact) mass is 634 g/mol. The van der Waals surface area contributed by atoms with Crippen molar-refractivity contribution in [1.82, 2.24) is 33.7 Å². The van der Waals surface area contributed by atoms with E-state index < -0.39 is 17.8 Å². The number of halogens is 3. The van der Waals surface area contributed by atoms with Crippen molar-refractivity contribution in [2.75, 3.05) is 55.7 Å². The lowest BCUT2D eigenvalue weighted by molar-refractivity contribution is -0.138. The number of pyridine rings is 1. The number of aliphatic hydroxyl groups is 1. The minimum Gasteiger partial charge on any atom is -0.395 e. The quantitative estimate of drug-likeness (QED) is 0.196. The van der Waals surface area contributed by atoms with E-state index >= 15 is 0 Å². The standard InChI is InChI=1S/C31H33F3N10O2/c32-31(33,34)23-15-20(2-1-19(23)16-42-11-9-41(10-12-42)13-14-45)39-30(46)40-24-5-6-25(43-8-7-36-28(24)43)22-17-44(21-3-4-21)29-26(22)27(35)37-18-38-29/h1-2,5-8,15,17-18,21,45H,3-4,9-14,16H2,(H2,35,37,38)(H2,39,40,46). The Hall–Kier alpha value is -4.73. The fourth-order valence-electron chi connectivity index (χ4n) is 6.16. The summed E-state index contributed by atoms with van der Waals surface area (Å²) in [6.45, 7) is 3.30. The van der Waals surface area contributed by atoms with Crippen LogP contribution in [0.25, 0.3) is 27.9 Å². The van der Waals surface area contributed by atoms with E-state index in [0.29, 0.717) is 55.9 Å². The Bertz CT molecular complexity index is 1910. The average molecular weight is 635 g/mol. The molecule has 5 aromatic rings. The number of rotatable bonds is 8. The lowest BCUT2D eigenvalue weighted by atomic mass is 10.0. The van der Waals surface area contributed by atoms with Gasteiger partial charge in [-0.2, -0.15) is 13.2 Å². The molecule has 240 valence electrons. The van der Waals surface area contributed by atoms with Gasteiger partial charge in [0.2, 0.25) is 0 Å². The summed E-state index contributed by atoms with van der Waals surface area (Å²) in [4.78, 5) is 30.2. The van der Waals surface area contributed by atoms with Crippen LogP contribution < -0.4 is 16.4 Å². The molecule has 5 heterocycles. The Morgan fingerprint density at radius 1 is 1.00 bits per heavy atom. The molecule has 7 rings (SSSR count). The number of anilines is 3. The van der Waals surface area contributed by atoms with E-state index in [0.717, 1.165) is 41.2 Å². The summed E-state index contributed by atoms with van der Waals surface area (Å²) in [5.74, 6) is 0.360. The first-order valence-corrected chi connectivity index (χ1v) is 15.1. The number of carbonyl (C=O) groups excluding carboxylic acids is 1. The molecule has 4 aromatic heterocycles. The third-order valence-corrected chi connectivity index (χ3v) is 8.60. The minimum absolute atomic E-state index is 0.0145. The molecule has 1 saturated heterocycles. The van der Waals surface area contributed by atoms with Gasteiger partial charge in [-0.25, -0.2) is 19.7 Å². The zero-order valence-electron chi connectivity index (χ0n) is 24.8. The number of amides is 2. The van der Waals surface area contributed by atoms with Gasteiger partial charge in [0, 0.05) is 75.2 Å². The van der Waals surface area contributed by atoms with E-state index in [2.05, 4.69) is 35.1 Å². The van der Waals surface area contributed by atoms with Gasteiger partial charge in [-0.05, 0) is 42.7 Å². The molecule has 15 heteroatoms. The lowest BCUT2D eigenvalue weighted by Gasteiger charge is -2.34. The Morgan fingerprint density at radius 2 is 1.78 bits per heavy atom. The molecule has 1 saturated carbocycles. The van der Waals surface area contributed by atoms with Crippen molar-refractivity contribution in [1.29, 1.82) is 0 Å². The first-order chi connectivity index (χ1) is 22.2. The topological polar surface area (TPSA) is 142 Å². The number of piperazine rings is 1. The Labute approximate surface area is 261 Å². The summed E-state index contributed by atoms with van der Waals surface area (Å²) >= 11 is 0. The number of benzene rings is 1. The molecule has 12 nitrogen and oxygen atoms in total. The number of fused-ring (bicyclic) bond motifs is 2. The van der Waals surface area contributed by atoms with Crippen LogP contribution >= 0.6 is 0 Å². The largest absolute Gasteiger partial charge is 0.416 e. The summed E-state index contributed by atoms with van der Waals surface area (Å²) < 4.78 is 46.2. The van der Waals surface area contributed by atoms with E-state index in [1.807, 2.05) is 21.6 Å². The van der Waals surface area contributed by atoms with E-state index in [-0.39, 0.29) is 24.4 Å². The predicted molar refractivity (Wildman–Crippen MR) is 167 cm³/mol. The number of hydrogen-bond donors (Lipinski definition) is 4. The average Bonchev–Trinajstić information content (AvgIpc) is 3.60. The lowest BCUT2D eigenvalue weighted by Crippen LogP contribution is -2.46. The second-order valence-corrected chi connectivity index (χ2v) is 11.7. The molecule has 1 aliphatic carbocycles. The second-order valence-electron chi connectivity index (χ2n) is 11.7. The minimum atomic E-state index is -4.60. The van der Waals surface area contributed by atoms with Gasteiger partial charge in [0.05, 0.1) is 28.9 Å². The Balaban J connectivity index is 1.10. The van der Waals surface area contributed by atoms with Crippen molar-refractivity contribution in [2.45, 2.75) is 31.6 Å². The SMILES string of the molecule is Nc1ncnc2c1c(-c1ccc(NC(=O)Nc3ccc(CN4CCN(CCO)CC4)c(C(F)(F)F)c3)c3nccn13)cn2C1CC1. The highest BCUT2D eigenvalue weighted by Crippen LogP contribution is 2.42. The van der Waals surface area contributed by atoms with Gasteiger partial charge in [-0.1, -0.05) is 6.07 Å². The van der Waals surface area contributed by atoms with Gasteiger partial charge in [-0.3, -0.25) is 14.2 Å². The van der Waals surface area contributed by atoms with E-state index in [9.17, 15) is 18.0 Å². The maximum absolute atomic E-state index is 14.1. The van der Waals surface area contributed by atoms with Crippen molar-refractivity contribution in [3.05, 3.63) is 66.4 Å². The fourth-order valence-corrected chi connectivity index (χ4v) is 6.16. The predicted octanol–water partition coefficient (Wildman–Crippen LogP) is 4.44. The number of aliphatic hydroxyl groups excluding tert-OH is 1. The number of nitrogens with two attached hydrogens (primary N) is 1. The van der Waals surface area contributed by atoms with Gasteiger partial charge in [0.25, 0.3) is 0 Å². The van der Waals surface area contributed by atoms with Gasteiger partial charge in [0.15, 0.2) is 5.65 Å². The highest BCUT2D eigenvalue weighted by atomic mass is 19.4. The first kappa shape index (κ1) is 30.0. The zero-order valence-corrected chi connectivity index (χ0v) is 24.8. The number of imidazole rings is 1. The maximum Gasteiger partial charge on any atom is 0.416 e. The van der Waals surface area contributed by atoms with Crippen LogP contribution in [0.3, 0.4) is 0 Å². The maximum atomic E-state index is 14.1. The van der Waals surface area contributed by atoms with Crippen LogP contribution in [0.15, 0.2) is 55.2 Å². The van der Waals surface area contributed by atoms with Crippen LogP contribution in [0.2, 0.25) is 0 Å². The molecule has 0 radical (unpaired) electrons. The number of nitrogens with zero attached hydrogens (tertiary/aromatic N) is 7. The Kier molecular flexibility index (Phi) is 7.74. The summed E-state index contributed by atoms with van der Waals surface area (Å²) in [7, 11) is 0. The number of carbonyl (C=O) groups is 1. The molecule has 2 aliphatic rings. The van der Waals surface area contributed by atoms with Crippen LogP contribution in [0.1, 0.15) is 30.0 Å². The smallest absolute Gasteiger partial charge is 0.395 e. The van der Waals surface area contributed by atoms with Crippen molar-refractivity contribution >= 4 is 39.9 Å². The molecule has 1 aromatic carbocycles. The van der Waals surface area contributed by atoms with Gasteiger partial charge in [-0.15, -0.1) is 0 Å². The second kappa shape index (κ2) is 11.9. The molecular formula is C31H33F3N10O2. The summed E-state index contributed by atoms with van der Waals surface area (Å²) in [6, 6.07) is 7.02. The number of β-amino-alcohol motifs (C(OH)–C–C–N with tert-alkyl or cyclic N) is 1. The summed E-state index contributed by atoms with van der Waals surface area (Å²) in [5, 5.41) is 15.1. The van der Waals surface area contributed by atoms with Gasteiger partial charge < -0.3 is 26.0 Å². The number of aromatic nitrogens is 5. The first-order valence-electron chi connectivity index (χ1n) is 15.1. The molecule has 2 fully saturated rings. The molecule has 46 heavy (non-hydrogen) atoms. The normalized spacial score (nSPS) is 16.3. The van der Waals surface area contributed by atoms with Crippen LogP contribution in [0, 0.1) is 0 Å². The number of urea groups is 1. The van der Waals surface area contributed by atoms with Crippen molar-refractivity contribution in [3.8, 4) is 11.3 Å². The van der Waals surface area contributed by atoms with E-state index in [4.69, 9.17) is 10.8 Å². The molecule has 5 N–H and O–H groups in total. The van der Waals surface area contributed by atoms with E-state index in [1.165, 1.54) is 18.5 Å². The number of nitrogen functional groups attached to an aromatic ring is 1. The Morgan fingerprint density at radius 3 is 2.52 bits per heavy atom. The highest BCUT2D eigenvalue weighted by Gasteiger charge is 2.34. The fraction of sp³-hybridized carbons (Fsp3) is 0.355. The summed E-state index contributed by atoms with van der Waals surface area (Å²) in [5.41, 5.74) is 8.81. The molecule has 0 unspecified atom stereocenters. The van der Waals surface area contributed by atoms with E-state index in [1.54, 1.807) is 18.5 Å². The van der Waals surface area contributed by atoms with Crippen LogP contribution in [0.5, 0.6) is 0 Å². The van der Waals surface area contributed by atoms with Gasteiger partial charge >= 0.3 is 12.2 Å². The van der Waals surface area contributed by atoms with Crippen molar-refractivity contribution < 1.29 is 23.1 Å². The van der Waals surface area contributed by atoms with Crippen molar-refractivity contribution in [2.24, 2.45) is 0 Å². The van der Waals surface area contributed by atoms with Crippen LogP contribution in [-0.2, 0) is 12.7 Å².